The number of carbonyl (C=O) groups excluding carboxylic acids is 1. The van der Waals surface area contributed by atoms with Crippen molar-refractivity contribution in [3.8, 4) is 5.75 Å². The van der Waals surface area contributed by atoms with Crippen LogP contribution in [0.1, 0.15) is 6.92 Å². The molecular formula is C18H11NO4. The van der Waals surface area contributed by atoms with E-state index >= 15 is 0 Å². The Labute approximate surface area is 130 Å². The molecule has 0 aliphatic heterocycles. The van der Waals surface area contributed by atoms with Crippen LogP contribution in [0.25, 0.3) is 32.3 Å². The molecule has 5 heteroatoms. The number of nitro benzene ring substituents is 1. The molecule has 0 aliphatic rings. The lowest BCUT2D eigenvalue weighted by Crippen LogP contribution is -2.02. The summed E-state index contributed by atoms with van der Waals surface area (Å²) < 4.78 is 5.34. The van der Waals surface area contributed by atoms with Gasteiger partial charge in [-0.15, -0.1) is 0 Å². The quantitative estimate of drug-likeness (QED) is 0.181. The van der Waals surface area contributed by atoms with Crippen molar-refractivity contribution in [1.82, 2.24) is 0 Å². The molecule has 0 aromatic heterocycles. The first-order valence-corrected chi connectivity index (χ1v) is 7.09. The molecule has 0 fully saturated rings. The first-order valence-electron chi connectivity index (χ1n) is 7.09. The highest BCUT2D eigenvalue weighted by Crippen LogP contribution is 2.42. The van der Waals surface area contributed by atoms with Gasteiger partial charge in [-0.2, -0.15) is 0 Å². The monoisotopic (exact) mass is 305 g/mol. The minimum absolute atomic E-state index is 0.0739. The number of benzene rings is 4. The van der Waals surface area contributed by atoms with Crippen molar-refractivity contribution in [2.75, 3.05) is 0 Å². The maximum atomic E-state index is 11.4. The number of non-ortho nitro benzene ring substituents is 1. The Morgan fingerprint density at radius 3 is 2.48 bits per heavy atom. The highest BCUT2D eigenvalue weighted by molar-refractivity contribution is 6.26. The molecule has 0 bridgehead atoms. The summed E-state index contributed by atoms with van der Waals surface area (Å²) in [6, 6.07) is 14.2. The molecule has 0 amide bonds. The summed E-state index contributed by atoms with van der Waals surface area (Å²) in [5.41, 5.74) is 0.0739. The zero-order valence-electron chi connectivity index (χ0n) is 12.2. The number of carbonyl (C=O) groups is 1. The van der Waals surface area contributed by atoms with E-state index in [0.717, 1.165) is 26.9 Å². The molecule has 0 spiro atoms. The van der Waals surface area contributed by atoms with Crippen LogP contribution >= 0.6 is 0 Å². The minimum Gasteiger partial charge on any atom is -0.426 e. The van der Waals surface area contributed by atoms with Crippen molar-refractivity contribution in [1.29, 1.82) is 0 Å². The van der Waals surface area contributed by atoms with Crippen LogP contribution in [0.4, 0.5) is 5.69 Å². The molecule has 0 radical (unpaired) electrons. The third kappa shape index (κ3) is 1.90. The molecule has 112 valence electrons. The maximum absolute atomic E-state index is 11.4. The summed E-state index contributed by atoms with van der Waals surface area (Å²) in [6.45, 7) is 1.35. The summed E-state index contributed by atoms with van der Waals surface area (Å²) in [4.78, 5) is 22.3. The van der Waals surface area contributed by atoms with E-state index in [2.05, 4.69) is 0 Å². The topological polar surface area (TPSA) is 69.4 Å². The molecule has 23 heavy (non-hydrogen) atoms. The first kappa shape index (κ1) is 13.5. The average molecular weight is 305 g/mol. The first-order chi connectivity index (χ1) is 11.1. The number of hydrogen-bond donors (Lipinski definition) is 0. The van der Waals surface area contributed by atoms with Crippen molar-refractivity contribution < 1.29 is 14.5 Å². The molecule has 5 nitrogen and oxygen atoms in total. The van der Waals surface area contributed by atoms with Crippen LogP contribution < -0.4 is 4.74 Å². The van der Waals surface area contributed by atoms with Crippen molar-refractivity contribution >= 4 is 44.0 Å². The Balaban J connectivity index is 2.25. The van der Waals surface area contributed by atoms with Crippen LogP contribution in [-0.2, 0) is 4.79 Å². The third-order valence-corrected chi connectivity index (χ3v) is 4.03. The molecule has 0 unspecified atom stereocenters. The molecule has 0 saturated heterocycles. The molecule has 0 aliphatic carbocycles. The van der Waals surface area contributed by atoms with E-state index in [0.29, 0.717) is 11.1 Å². The predicted molar refractivity (Wildman–Crippen MR) is 88.1 cm³/mol. The molecule has 0 saturated carbocycles. The highest BCUT2D eigenvalue weighted by Gasteiger charge is 2.19. The van der Waals surface area contributed by atoms with E-state index in [-0.39, 0.29) is 10.6 Å². The smallest absolute Gasteiger partial charge is 0.308 e. The van der Waals surface area contributed by atoms with Crippen LogP contribution in [0.5, 0.6) is 5.75 Å². The van der Waals surface area contributed by atoms with Crippen LogP contribution in [0.2, 0.25) is 0 Å². The van der Waals surface area contributed by atoms with E-state index in [1.807, 2.05) is 24.3 Å². The van der Waals surface area contributed by atoms with Gasteiger partial charge >= 0.3 is 5.97 Å². The lowest BCUT2D eigenvalue weighted by molar-refractivity contribution is -0.383. The van der Waals surface area contributed by atoms with Gasteiger partial charge in [0, 0.05) is 29.1 Å². The average Bonchev–Trinajstić information content (AvgIpc) is 2.52. The maximum Gasteiger partial charge on any atom is 0.308 e. The Kier molecular flexibility index (Phi) is 2.72. The Morgan fingerprint density at radius 2 is 1.74 bits per heavy atom. The zero-order chi connectivity index (χ0) is 16.1. The second-order valence-electron chi connectivity index (χ2n) is 5.43. The molecule has 0 N–H and O–H groups in total. The Hall–Kier alpha value is -3.21. The van der Waals surface area contributed by atoms with Gasteiger partial charge < -0.3 is 4.74 Å². The number of ether oxygens (including phenoxy) is 1. The summed E-state index contributed by atoms with van der Waals surface area (Å²) in [5.74, 6) is 0.0720. The lowest BCUT2D eigenvalue weighted by Gasteiger charge is -2.14. The van der Waals surface area contributed by atoms with Gasteiger partial charge in [0.25, 0.3) is 5.69 Å². The summed E-state index contributed by atoms with van der Waals surface area (Å²) in [5, 5.41) is 16.1. The highest BCUT2D eigenvalue weighted by atomic mass is 16.6. The second-order valence-corrected chi connectivity index (χ2v) is 5.43. The van der Waals surface area contributed by atoms with Crippen LogP contribution in [0.3, 0.4) is 0 Å². The minimum atomic E-state index is -0.397. The van der Waals surface area contributed by atoms with Gasteiger partial charge in [0.15, 0.2) is 0 Å². The number of nitrogens with zero attached hydrogens (tertiary/aromatic N) is 1. The van der Waals surface area contributed by atoms with Gasteiger partial charge in [-0.1, -0.05) is 24.3 Å². The van der Waals surface area contributed by atoms with E-state index in [1.165, 1.54) is 13.0 Å². The number of hydrogen-bond acceptors (Lipinski definition) is 4. The SMILES string of the molecule is CC(=O)Oc1cc2ccc([N+](=O)[O-])c3ccc4cccc1c4c23. The van der Waals surface area contributed by atoms with Crippen molar-refractivity contribution in [2.45, 2.75) is 6.92 Å². The van der Waals surface area contributed by atoms with E-state index in [1.54, 1.807) is 18.2 Å². The van der Waals surface area contributed by atoms with Gasteiger partial charge in [0.2, 0.25) is 0 Å². The van der Waals surface area contributed by atoms with E-state index < -0.39 is 5.97 Å². The van der Waals surface area contributed by atoms with E-state index in [9.17, 15) is 14.9 Å². The van der Waals surface area contributed by atoms with Gasteiger partial charge in [-0.3, -0.25) is 14.9 Å². The number of esters is 1. The van der Waals surface area contributed by atoms with Crippen LogP contribution in [-0.4, -0.2) is 10.9 Å². The fourth-order valence-corrected chi connectivity index (χ4v) is 3.18. The standard InChI is InChI=1S/C18H11NO4/c1-10(20)23-16-9-12-6-8-15(19(21)22)13-7-5-11-3-2-4-14(16)17(11)18(12)13/h2-9H,1H3. The van der Waals surface area contributed by atoms with Gasteiger partial charge in [-0.25, -0.2) is 0 Å². The van der Waals surface area contributed by atoms with Crippen molar-refractivity contribution in [3.05, 3.63) is 58.6 Å². The number of nitro groups is 1. The van der Waals surface area contributed by atoms with Crippen molar-refractivity contribution in [3.63, 3.8) is 0 Å². The molecular weight excluding hydrogens is 294 g/mol. The third-order valence-electron chi connectivity index (χ3n) is 4.03. The lowest BCUT2D eigenvalue weighted by atomic mass is 9.93. The Bertz CT molecular complexity index is 1100. The fourth-order valence-electron chi connectivity index (χ4n) is 3.18. The van der Waals surface area contributed by atoms with Crippen LogP contribution in [0, 0.1) is 10.1 Å². The fraction of sp³-hybridized carbons (Fsp3) is 0.0556. The normalized spacial score (nSPS) is 11.3. The van der Waals surface area contributed by atoms with Gasteiger partial charge in [-0.05, 0) is 29.0 Å². The summed E-state index contributed by atoms with van der Waals surface area (Å²) in [6.07, 6.45) is 0. The summed E-state index contributed by atoms with van der Waals surface area (Å²) >= 11 is 0. The van der Waals surface area contributed by atoms with E-state index in [4.69, 9.17) is 4.74 Å². The van der Waals surface area contributed by atoms with Crippen molar-refractivity contribution in [2.24, 2.45) is 0 Å². The molecule has 4 aromatic carbocycles. The molecule has 0 heterocycles. The molecule has 0 atom stereocenters. The number of rotatable bonds is 2. The summed E-state index contributed by atoms with van der Waals surface area (Å²) in [7, 11) is 0. The van der Waals surface area contributed by atoms with Gasteiger partial charge in [0.05, 0.1) is 10.3 Å². The zero-order valence-corrected chi connectivity index (χ0v) is 12.2. The largest absolute Gasteiger partial charge is 0.426 e. The molecule has 4 aromatic rings. The van der Waals surface area contributed by atoms with Crippen LogP contribution in [0.15, 0.2) is 48.5 Å². The molecule has 4 rings (SSSR count). The predicted octanol–water partition coefficient (Wildman–Crippen LogP) is 4.42. The van der Waals surface area contributed by atoms with Gasteiger partial charge in [0.1, 0.15) is 5.75 Å². The Morgan fingerprint density at radius 1 is 1.00 bits per heavy atom. The second kappa shape index (κ2) is 4.64.